The molecular weight excluding hydrogens is 328 g/mol. The predicted molar refractivity (Wildman–Crippen MR) is 100.0 cm³/mol. The Morgan fingerprint density at radius 2 is 1.85 bits per heavy atom. The number of methoxy groups -OCH3 is 1. The molecular formula is C21H24N2O3. The van der Waals surface area contributed by atoms with Crippen LogP contribution in [0.15, 0.2) is 48.5 Å². The summed E-state index contributed by atoms with van der Waals surface area (Å²) in [5.41, 5.74) is 3.31. The van der Waals surface area contributed by atoms with Gasteiger partial charge in [0.15, 0.2) is 0 Å². The van der Waals surface area contributed by atoms with Gasteiger partial charge in [0.25, 0.3) is 0 Å². The first-order chi connectivity index (χ1) is 12.7. The maximum Gasteiger partial charge on any atom is 0.239 e. The molecule has 2 N–H and O–H groups in total. The third-order valence-electron chi connectivity index (χ3n) is 4.76. The van der Waals surface area contributed by atoms with Crippen molar-refractivity contribution in [3.8, 4) is 5.75 Å². The van der Waals surface area contributed by atoms with Gasteiger partial charge >= 0.3 is 0 Å². The van der Waals surface area contributed by atoms with E-state index in [0.29, 0.717) is 6.54 Å². The molecule has 0 aromatic heterocycles. The molecule has 0 saturated heterocycles. The fourth-order valence-electron chi connectivity index (χ4n) is 3.32. The van der Waals surface area contributed by atoms with Gasteiger partial charge in [0, 0.05) is 6.54 Å². The average Bonchev–Trinajstić information content (AvgIpc) is 2.70. The highest BCUT2D eigenvalue weighted by Gasteiger charge is 2.26. The number of ether oxygens (including phenoxy) is 1. The van der Waals surface area contributed by atoms with Crippen LogP contribution in [-0.2, 0) is 22.6 Å². The summed E-state index contributed by atoms with van der Waals surface area (Å²) in [6.07, 6.45) is 2.84. The highest BCUT2D eigenvalue weighted by Crippen LogP contribution is 2.31. The van der Waals surface area contributed by atoms with Crippen LogP contribution in [0.4, 0.5) is 0 Å². The number of hydrogen-bond acceptors (Lipinski definition) is 3. The van der Waals surface area contributed by atoms with Crippen LogP contribution in [0.1, 0.15) is 35.4 Å². The molecule has 3 rings (SSSR count). The largest absolute Gasteiger partial charge is 0.497 e. The quantitative estimate of drug-likeness (QED) is 0.840. The van der Waals surface area contributed by atoms with Gasteiger partial charge in [0.05, 0.1) is 19.6 Å². The molecule has 0 fully saturated rings. The minimum atomic E-state index is -0.196. The number of carbonyl (C=O) groups is 2. The van der Waals surface area contributed by atoms with Crippen molar-refractivity contribution in [3.63, 3.8) is 0 Å². The topological polar surface area (TPSA) is 67.4 Å². The van der Waals surface area contributed by atoms with Crippen molar-refractivity contribution in [1.82, 2.24) is 10.6 Å². The number of benzene rings is 2. The zero-order valence-electron chi connectivity index (χ0n) is 15.0. The van der Waals surface area contributed by atoms with Crippen LogP contribution in [0, 0.1) is 0 Å². The molecule has 0 spiro atoms. The number of aryl methyl sites for hydroxylation is 1. The van der Waals surface area contributed by atoms with Crippen molar-refractivity contribution in [1.29, 1.82) is 0 Å². The lowest BCUT2D eigenvalue weighted by molar-refractivity contribution is -0.127. The first-order valence-electron chi connectivity index (χ1n) is 8.92. The Balaban J connectivity index is 1.48. The molecule has 2 aromatic rings. The van der Waals surface area contributed by atoms with Gasteiger partial charge in [0.2, 0.25) is 11.8 Å². The highest BCUT2D eigenvalue weighted by atomic mass is 16.5. The minimum Gasteiger partial charge on any atom is -0.497 e. The second kappa shape index (κ2) is 8.52. The van der Waals surface area contributed by atoms with Crippen molar-refractivity contribution in [2.45, 2.75) is 31.7 Å². The highest BCUT2D eigenvalue weighted by molar-refractivity contribution is 5.88. The maximum absolute atomic E-state index is 12.5. The zero-order valence-corrected chi connectivity index (χ0v) is 15.0. The zero-order chi connectivity index (χ0) is 18.4. The molecule has 1 unspecified atom stereocenters. The van der Waals surface area contributed by atoms with E-state index in [0.717, 1.165) is 36.1 Å². The molecule has 5 nitrogen and oxygen atoms in total. The summed E-state index contributed by atoms with van der Waals surface area (Å²) in [5.74, 6) is 0.351. The van der Waals surface area contributed by atoms with Crippen LogP contribution < -0.4 is 15.4 Å². The molecule has 0 heterocycles. The lowest BCUT2D eigenvalue weighted by atomic mass is 9.82. The Morgan fingerprint density at radius 1 is 1.08 bits per heavy atom. The number of amides is 2. The van der Waals surface area contributed by atoms with E-state index < -0.39 is 0 Å². The van der Waals surface area contributed by atoms with Gasteiger partial charge in [-0.15, -0.1) is 0 Å². The van der Waals surface area contributed by atoms with Gasteiger partial charge in [-0.1, -0.05) is 36.4 Å². The number of nitrogens with one attached hydrogen (secondary N) is 2. The Hall–Kier alpha value is -2.82. The fraction of sp³-hybridized carbons (Fsp3) is 0.333. The normalized spacial score (nSPS) is 15.7. The van der Waals surface area contributed by atoms with Crippen LogP contribution in [0.25, 0.3) is 0 Å². The van der Waals surface area contributed by atoms with Crippen molar-refractivity contribution in [3.05, 3.63) is 65.2 Å². The summed E-state index contributed by atoms with van der Waals surface area (Å²) in [6, 6.07) is 15.6. The Bertz CT molecular complexity index is 771. The summed E-state index contributed by atoms with van der Waals surface area (Å²) >= 11 is 0. The van der Waals surface area contributed by atoms with E-state index >= 15 is 0 Å². The Kier molecular flexibility index (Phi) is 5.89. The Labute approximate surface area is 153 Å². The number of carbonyl (C=O) groups excluding carboxylic acids is 2. The van der Waals surface area contributed by atoms with E-state index in [9.17, 15) is 9.59 Å². The second-order valence-corrected chi connectivity index (χ2v) is 6.49. The summed E-state index contributed by atoms with van der Waals surface area (Å²) in [6.45, 7) is 0.415. The third kappa shape index (κ3) is 4.42. The summed E-state index contributed by atoms with van der Waals surface area (Å²) in [4.78, 5) is 24.5. The molecule has 2 aromatic carbocycles. The molecule has 5 heteroatoms. The van der Waals surface area contributed by atoms with E-state index in [1.807, 2.05) is 42.5 Å². The molecule has 2 amide bonds. The van der Waals surface area contributed by atoms with Gasteiger partial charge in [-0.3, -0.25) is 9.59 Å². The molecule has 1 aliphatic rings. The van der Waals surface area contributed by atoms with E-state index in [2.05, 4.69) is 16.7 Å². The van der Waals surface area contributed by atoms with Crippen molar-refractivity contribution < 1.29 is 14.3 Å². The first kappa shape index (κ1) is 18.0. The average molecular weight is 352 g/mol. The Morgan fingerprint density at radius 3 is 2.62 bits per heavy atom. The van der Waals surface area contributed by atoms with Crippen LogP contribution in [0.2, 0.25) is 0 Å². The van der Waals surface area contributed by atoms with Crippen LogP contribution in [0.3, 0.4) is 0 Å². The van der Waals surface area contributed by atoms with Gasteiger partial charge in [-0.05, 0) is 48.1 Å². The molecule has 0 radical (unpaired) electrons. The monoisotopic (exact) mass is 352 g/mol. The molecule has 26 heavy (non-hydrogen) atoms. The van der Waals surface area contributed by atoms with E-state index in [4.69, 9.17) is 4.74 Å². The van der Waals surface area contributed by atoms with E-state index in [-0.39, 0.29) is 24.3 Å². The standard InChI is InChI=1S/C21H24N2O3/c1-26-17-11-9-15(10-12-17)13-22-20(24)14-23-21(25)19-8-4-6-16-5-2-3-7-18(16)19/h2-3,5,7,9-12,19H,4,6,8,13-14H2,1H3,(H,22,24)(H,23,25). The number of hydrogen-bond donors (Lipinski definition) is 2. The van der Waals surface area contributed by atoms with Crippen LogP contribution in [0.5, 0.6) is 5.75 Å². The second-order valence-electron chi connectivity index (χ2n) is 6.49. The van der Waals surface area contributed by atoms with Crippen molar-refractivity contribution in [2.24, 2.45) is 0 Å². The van der Waals surface area contributed by atoms with E-state index in [1.165, 1.54) is 5.56 Å². The van der Waals surface area contributed by atoms with Gasteiger partial charge in [0.1, 0.15) is 5.75 Å². The third-order valence-corrected chi connectivity index (χ3v) is 4.76. The fourth-order valence-corrected chi connectivity index (χ4v) is 3.32. The summed E-state index contributed by atoms with van der Waals surface area (Å²) in [5, 5.41) is 5.60. The molecule has 0 saturated carbocycles. The van der Waals surface area contributed by atoms with Crippen molar-refractivity contribution in [2.75, 3.05) is 13.7 Å². The molecule has 0 aliphatic heterocycles. The molecule has 1 aliphatic carbocycles. The van der Waals surface area contributed by atoms with Gasteiger partial charge in [-0.25, -0.2) is 0 Å². The van der Waals surface area contributed by atoms with Gasteiger partial charge < -0.3 is 15.4 Å². The molecule has 0 bridgehead atoms. The first-order valence-corrected chi connectivity index (χ1v) is 8.92. The smallest absolute Gasteiger partial charge is 0.239 e. The van der Waals surface area contributed by atoms with Gasteiger partial charge in [-0.2, -0.15) is 0 Å². The SMILES string of the molecule is COc1ccc(CNC(=O)CNC(=O)C2CCCc3ccccc32)cc1. The summed E-state index contributed by atoms with van der Waals surface area (Å²) in [7, 11) is 1.62. The maximum atomic E-state index is 12.5. The minimum absolute atomic E-state index is 0.00629. The van der Waals surface area contributed by atoms with Crippen LogP contribution >= 0.6 is 0 Å². The van der Waals surface area contributed by atoms with E-state index in [1.54, 1.807) is 7.11 Å². The van der Waals surface area contributed by atoms with Crippen LogP contribution in [-0.4, -0.2) is 25.5 Å². The van der Waals surface area contributed by atoms with Crippen molar-refractivity contribution >= 4 is 11.8 Å². The predicted octanol–water partition coefficient (Wildman–Crippen LogP) is 2.55. The molecule has 136 valence electrons. The summed E-state index contributed by atoms with van der Waals surface area (Å²) < 4.78 is 5.11. The number of rotatable bonds is 6. The number of fused-ring (bicyclic) bond motifs is 1. The lowest BCUT2D eigenvalue weighted by Gasteiger charge is -2.24. The molecule has 1 atom stereocenters. The lowest BCUT2D eigenvalue weighted by Crippen LogP contribution is -2.39.